The number of aliphatic hydroxyl groups is 25. The second-order valence-corrected chi connectivity index (χ2v) is 31.6. The molecule has 0 aromatic rings. The zero-order valence-corrected chi connectivity index (χ0v) is 61.2. The van der Waals surface area contributed by atoms with Crippen LogP contribution in [0.5, 0.6) is 0 Å². The molecule has 11 aliphatic rings. The van der Waals surface area contributed by atoms with Gasteiger partial charge in [0.25, 0.3) is 0 Å². The lowest BCUT2D eigenvalue weighted by molar-refractivity contribution is -0.390. The van der Waals surface area contributed by atoms with Gasteiger partial charge in [0.05, 0.1) is 80.2 Å². The van der Waals surface area contributed by atoms with Gasteiger partial charge in [0.2, 0.25) is 0 Å². The van der Waals surface area contributed by atoms with Gasteiger partial charge in [-0.2, -0.15) is 0 Å². The van der Waals surface area contributed by atoms with Crippen molar-refractivity contribution in [3.05, 3.63) is 36.5 Å². The maximum Gasteiger partial charge on any atom is 0.330 e. The molecule has 40 heteroatoms. The average Bonchev–Trinajstić information content (AvgIpc) is 0.760. The Morgan fingerprint density at radius 1 is 0.321 bits per heavy atom. The summed E-state index contributed by atoms with van der Waals surface area (Å²) >= 11 is 0. The number of allylic oxidation sites excluding steroid dienone is 3. The van der Waals surface area contributed by atoms with Crippen molar-refractivity contribution in [1.29, 1.82) is 0 Å². The third kappa shape index (κ3) is 21.5. The number of hydrogen-bond acceptors (Lipinski definition) is 39. The SMILES string of the molecule is O=C(C=CC1CCC(O)C(O)C1)OC[C@H]1O[C@@H](OC2CCC(C=CC(=O)OC[C@H]3O[C@@H](OC4CC5C(O[C@@H]6O[C@H](CO)[C@@H](O)[C@H](O)[C@H]6O)CC(O)CC5[OH+]C4C4CCC(O)C(O)C4)[C@H](O[C@@H]4O[C@H](COC(=O)C=CC5CCC(O)C(O[C@@H]6O[C@H](CO)[C@@H](O)[C@H](O)[C@H]6O)C5)[C@@H](O)[C@H](O)[C@H]4O)[C@@H](O)[C@@H]3O)CC2O)[C@H](O)[C@@H](O)[C@@H]1O. The van der Waals surface area contributed by atoms with Gasteiger partial charge in [-0.05, 0) is 101 Å². The molecule has 0 radical (unpaired) electrons. The van der Waals surface area contributed by atoms with Gasteiger partial charge in [0, 0.05) is 37.0 Å². The molecule has 0 aromatic carbocycles. The third-order valence-electron chi connectivity index (χ3n) is 23.8. The van der Waals surface area contributed by atoms with E-state index in [4.69, 9.17) is 66.3 Å². The first kappa shape index (κ1) is 89.1. The van der Waals surface area contributed by atoms with E-state index >= 15 is 0 Å². The van der Waals surface area contributed by atoms with Crippen LogP contribution >= 0.6 is 0 Å². The number of carbonyl (C=O) groups is 3. The highest BCUT2D eigenvalue weighted by atomic mass is 16.8. The molecular formula is C72H113O40+. The van der Waals surface area contributed by atoms with E-state index in [1.165, 1.54) is 18.2 Å². The van der Waals surface area contributed by atoms with Gasteiger partial charge in [-0.3, -0.25) is 0 Å². The van der Waals surface area contributed by atoms with Crippen LogP contribution in [-0.2, 0) is 76.0 Å². The van der Waals surface area contributed by atoms with Crippen molar-refractivity contribution in [2.45, 2.75) is 329 Å². The smallest absolute Gasteiger partial charge is 0.330 e. The molecule has 6 saturated heterocycles. The molecule has 112 heavy (non-hydrogen) atoms. The first-order chi connectivity index (χ1) is 53.3. The summed E-state index contributed by atoms with van der Waals surface area (Å²) < 4.78 is 81.8. The highest BCUT2D eigenvalue weighted by Crippen LogP contribution is 2.45. The zero-order chi connectivity index (χ0) is 80.8. The fourth-order valence-electron chi connectivity index (χ4n) is 17.0. The van der Waals surface area contributed by atoms with Crippen molar-refractivity contribution < 1.29 is 198 Å². The highest BCUT2D eigenvalue weighted by molar-refractivity contribution is 5.82. The van der Waals surface area contributed by atoms with Crippen molar-refractivity contribution in [2.24, 2.45) is 29.6 Å². The minimum absolute atomic E-state index is 0.0339. The van der Waals surface area contributed by atoms with Gasteiger partial charge >= 0.3 is 17.9 Å². The van der Waals surface area contributed by atoms with Gasteiger partial charge in [-0.25, -0.2) is 14.4 Å². The van der Waals surface area contributed by atoms with Crippen LogP contribution in [0.15, 0.2) is 36.5 Å². The molecular weight excluding hydrogens is 1500 g/mol. The summed E-state index contributed by atoms with van der Waals surface area (Å²) in [5.41, 5.74) is 0. The molecule has 5 saturated carbocycles. The minimum Gasteiger partial charge on any atom is -0.460 e. The van der Waals surface area contributed by atoms with E-state index < -0.39 is 307 Å². The molecule has 0 aromatic heterocycles. The van der Waals surface area contributed by atoms with Crippen LogP contribution in [0.1, 0.15) is 96.3 Å². The lowest BCUT2D eigenvalue weighted by Gasteiger charge is -2.50. The van der Waals surface area contributed by atoms with E-state index in [1.54, 1.807) is 0 Å². The second-order valence-electron chi connectivity index (χ2n) is 31.6. The molecule has 6 aliphatic heterocycles. The van der Waals surface area contributed by atoms with E-state index in [1.807, 2.05) is 0 Å². The van der Waals surface area contributed by atoms with Crippen LogP contribution in [0.4, 0.5) is 0 Å². The van der Waals surface area contributed by atoms with Gasteiger partial charge in [-0.1, -0.05) is 18.2 Å². The summed E-state index contributed by atoms with van der Waals surface area (Å²) in [5, 5.41) is 249. The zero-order valence-electron chi connectivity index (χ0n) is 61.2. The lowest BCUT2D eigenvalue weighted by Crippen LogP contribution is -2.66. The van der Waals surface area contributed by atoms with Gasteiger partial charge in [0.15, 0.2) is 43.7 Å². The summed E-state index contributed by atoms with van der Waals surface area (Å²) in [5.74, 6) is -5.43. The monoisotopic (exact) mass is 1620 g/mol. The van der Waals surface area contributed by atoms with Crippen molar-refractivity contribution in [2.75, 3.05) is 33.0 Å². The van der Waals surface area contributed by atoms with Crippen molar-refractivity contribution in [3.63, 3.8) is 0 Å². The number of carbonyl (C=O) groups excluding carboxylic acids is 3. The lowest BCUT2D eigenvalue weighted by atomic mass is 9.72. The fraction of sp³-hybridized carbons (Fsp3) is 0.875. The van der Waals surface area contributed by atoms with Crippen LogP contribution < -0.4 is 0 Å². The minimum atomic E-state index is -2.18. The molecule has 640 valence electrons. The van der Waals surface area contributed by atoms with Crippen LogP contribution in [0, 0.1) is 29.6 Å². The first-order valence-corrected chi connectivity index (χ1v) is 38.6. The topological polar surface area (TPSA) is 649 Å². The molecule has 0 bridgehead atoms. The Labute approximate surface area is 642 Å². The maximum atomic E-state index is 13.6. The second kappa shape index (κ2) is 39.9. The molecule has 18 unspecified atom stereocenters. The average molecular weight is 1620 g/mol. The van der Waals surface area contributed by atoms with E-state index in [9.17, 15) is 132 Å². The number of hydrogen-bond donors (Lipinski definition) is 23. The first-order valence-electron chi connectivity index (χ1n) is 38.6. The summed E-state index contributed by atoms with van der Waals surface area (Å²) in [6.45, 7) is -3.76. The normalized spacial score (nSPS) is 49.3. The third-order valence-corrected chi connectivity index (χ3v) is 23.8. The molecule has 11 fully saturated rings. The number of rotatable bonds is 25. The van der Waals surface area contributed by atoms with E-state index in [-0.39, 0.29) is 83.0 Å². The largest absolute Gasteiger partial charge is 0.460 e. The predicted molar refractivity (Wildman–Crippen MR) is 365 cm³/mol. The van der Waals surface area contributed by atoms with E-state index in [2.05, 4.69) is 0 Å². The molecule has 0 spiro atoms. The van der Waals surface area contributed by atoms with Crippen LogP contribution in [0.3, 0.4) is 0 Å². The molecule has 40 nitrogen and oxygen atoms in total. The predicted octanol–water partition coefficient (Wildman–Crippen LogP) is -10.3. The molecule has 6 heterocycles. The van der Waals surface area contributed by atoms with Crippen LogP contribution in [-0.4, -0.2) is 406 Å². The van der Waals surface area contributed by atoms with Crippen LogP contribution in [0.2, 0.25) is 0 Å². The Hall–Kier alpha value is -3.73. The Bertz CT molecular complexity index is 3060. The Morgan fingerprint density at radius 3 is 1.18 bits per heavy atom. The fourth-order valence-corrected chi connectivity index (χ4v) is 17.0. The molecule has 5 aliphatic carbocycles. The Morgan fingerprint density at radius 2 is 0.705 bits per heavy atom. The van der Waals surface area contributed by atoms with E-state index in [0.29, 0.717) is 19.3 Å². The number of fused-ring (bicyclic) bond motifs is 1. The van der Waals surface area contributed by atoms with Gasteiger partial charge in [0.1, 0.15) is 148 Å². The maximum absolute atomic E-state index is 13.6. The number of aliphatic hydroxyl groups excluding tert-OH is 23. The van der Waals surface area contributed by atoms with Crippen molar-refractivity contribution >= 4 is 17.9 Å². The number of esters is 3. The van der Waals surface area contributed by atoms with E-state index in [0.717, 1.165) is 18.2 Å². The number of ether oxygens (including phenoxy) is 14. The highest BCUT2D eigenvalue weighted by Gasteiger charge is 2.59. The van der Waals surface area contributed by atoms with Gasteiger partial charge < -0.3 is 184 Å². The summed E-state index contributed by atoms with van der Waals surface area (Å²) in [6.07, 6.45) is -49.1. The summed E-state index contributed by atoms with van der Waals surface area (Å²) in [7, 11) is 0. The quantitative estimate of drug-likeness (QED) is 0.0175. The summed E-state index contributed by atoms with van der Waals surface area (Å²) in [6, 6.07) is 0. The summed E-state index contributed by atoms with van der Waals surface area (Å²) in [4.78, 5) is 39.6. The molecule has 11 rings (SSSR count). The molecule has 24 N–H and O–H groups in total. The van der Waals surface area contributed by atoms with Gasteiger partial charge in [-0.15, -0.1) is 0 Å². The Balaban J connectivity index is 0.761. The van der Waals surface area contributed by atoms with Crippen LogP contribution in [0.25, 0.3) is 0 Å². The Kier molecular flexibility index (Phi) is 31.7. The standard InChI is InChI=1S/C72H112O40/c73-22-44-52(85)57(90)62(95)69(107-44)104-41-20-31(75)19-40-32(41)21-43(66(102-40)30-7-10-34(77)37(80)18-30)106-72-67(112-71-65(98)60(93)55(88)47(110-71)25-100-51(84)14-6-29-2-9-35(78)42(17-29)105-70-63(96)58(91)53(86)45(23-74)108-70)61(94)56(89)48(111-72)26-101-50(83)13-5-28-3-11-39(38(81)16-28)103-68-64(97)59(92)54(87)46(109-68)24-99-49(82)12-4-27-1-8-33(76)36(79)15-27/h4-6,12-14,27-48,52-81,85-98H,1-3,7-11,15-26H2/p+1/t27?,28?,29?,30?,31?,32?,33?,34?,35?,36?,37?,38?,39?,40?,41?,42?,43?,44-,45-,46-,47-,48-,52-,53-,54-,55-,56-,57+,58+,59+,60+,61+,62-,63-,64-,65-,66?,67-,68-,69-,70-,71+,72-/m1/s1. The molecule has 43 atom stereocenters. The van der Waals surface area contributed by atoms with Crippen molar-refractivity contribution in [1.82, 2.24) is 0 Å². The van der Waals surface area contributed by atoms with Crippen molar-refractivity contribution in [3.8, 4) is 0 Å². The molecule has 0 amide bonds.